The molecule has 0 atom stereocenters. The first-order valence-corrected chi connectivity index (χ1v) is 17.1. The van der Waals surface area contributed by atoms with E-state index >= 15 is 0 Å². The molecule has 37 heavy (non-hydrogen) atoms. The number of rotatable bonds is 6. The first kappa shape index (κ1) is 29.2. The van der Waals surface area contributed by atoms with Crippen LogP contribution in [0.25, 0.3) is 0 Å². The van der Waals surface area contributed by atoms with Crippen molar-refractivity contribution in [1.29, 1.82) is 0 Å². The lowest BCUT2D eigenvalue weighted by atomic mass is 9.68. The lowest BCUT2D eigenvalue weighted by Gasteiger charge is -2.38. The van der Waals surface area contributed by atoms with Crippen molar-refractivity contribution in [1.82, 2.24) is 0 Å². The van der Waals surface area contributed by atoms with E-state index in [-0.39, 0.29) is 5.71 Å². The van der Waals surface area contributed by atoms with Gasteiger partial charge in [-0.05, 0) is 124 Å². The summed E-state index contributed by atoms with van der Waals surface area (Å²) in [7, 11) is 0. The molecule has 0 aromatic heterocycles. The fourth-order valence-electron chi connectivity index (χ4n) is 8.94. The molecular formula is C37H70. The Balaban J connectivity index is 0.000000751. The van der Waals surface area contributed by atoms with Crippen LogP contribution in [-0.2, 0) is 0 Å². The molecule has 5 rings (SSSR count). The highest BCUT2D eigenvalue weighted by molar-refractivity contribution is 5.24. The zero-order valence-corrected chi connectivity index (χ0v) is 25.4. The molecule has 0 bridgehead atoms. The molecule has 0 N–H and O–H groups in total. The van der Waals surface area contributed by atoms with Crippen molar-refractivity contribution in [2.45, 2.75) is 156 Å². The monoisotopic (exact) mass is 515 g/mol. The molecule has 0 saturated heterocycles. The van der Waals surface area contributed by atoms with Crippen molar-refractivity contribution in [3.63, 3.8) is 0 Å². The highest BCUT2D eigenvalue weighted by Gasteiger charge is 2.31. The largest absolute Gasteiger partial charge is 0.0654 e. The van der Waals surface area contributed by atoms with Crippen molar-refractivity contribution in [3.05, 3.63) is 35.4 Å². The van der Waals surface area contributed by atoms with Gasteiger partial charge in [-0.3, -0.25) is 0 Å². The van der Waals surface area contributed by atoms with Crippen LogP contribution >= 0.6 is 0 Å². The van der Waals surface area contributed by atoms with Gasteiger partial charge in [0, 0.05) is 5.71 Å². The molecule has 4 aliphatic rings. The normalized spacial score (nSPS) is 36.9. The maximum atomic E-state index is 2.43. The summed E-state index contributed by atoms with van der Waals surface area (Å²) in [5.74, 6) is 8.33. The van der Waals surface area contributed by atoms with E-state index in [2.05, 4.69) is 52.0 Å². The molecule has 0 unspecified atom stereocenters. The smallest absolute Gasteiger partial charge is 0 e. The van der Waals surface area contributed by atoms with Crippen molar-refractivity contribution in [3.8, 4) is 0 Å². The van der Waals surface area contributed by atoms with Crippen molar-refractivity contribution in [2.75, 3.05) is 0 Å². The number of benzene rings is 1. The Morgan fingerprint density at radius 2 is 1.00 bits per heavy atom. The molecule has 0 aliphatic heterocycles. The first-order valence-electron chi connectivity index (χ1n) is 17.1. The molecule has 218 valence electrons. The molecule has 0 heteroatoms. The van der Waals surface area contributed by atoms with E-state index in [0.29, 0.717) is 0 Å². The van der Waals surface area contributed by atoms with Crippen LogP contribution < -0.4 is 0 Å². The van der Waals surface area contributed by atoms with Crippen LogP contribution in [0.1, 0.15) is 166 Å². The molecule has 0 nitrogen and oxygen atoms in total. The Morgan fingerprint density at radius 1 is 0.568 bits per heavy atom. The Kier molecular flexibility index (Phi) is 11.9. The van der Waals surface area contributed by atoms with Crippen LogP contribution in [0.15, 0.2) is 24.3 Å². The van der Waals surface area contributed by atoms with E-state index in [1.807, 2.05) is 0 Å². The van der Waals surface area contributed by atoms with Gasteiger partial charge in [0.05, 0.1) is 0 Å². The highest BCUT2D eigenvalue weighted by atomic mass is 14.4. The fraction of sp³-hybridized carbons (Fsp3) is 0.838. The van der Waals surface area contributed by atoms with Gasteiger partial charge in [0.2, 0.25) is 0 Å². The number of hydrogen-bond acceptors (Lipinski definition) is 0. The number of aryl methyl sites for hydroxylation is 1. The summed E-state index contributed by atoms with van der Waals surface area (Å²) in [6.07, 6.45) is 28.5. The predicted octanol–water partition coefficient (Wildman–Crippen LogP) is 12.9. The summed E-state index contributed by atoms with van der Waals surface area (Å²) in [6.45, 7) is 9.34. The molecule has 0 spiro atoms. The van der Waals surface area contributed by atoms with E-state index < -0.39 is 0 Å². The SMILES string of the molecule is CCC1CCC(C2CCC(C)CC2)CC1.CCCC1CCC(C2CCC(c3ccc(C)cc3)CC2)CC1.[HH].[HH].[HH].[HH]. The van der Waals surface area contributed by atoms with Gasteiger partial charge in [-0.15, -0.1) is 0 Å². The standard InChI is InChI=1S/C22H34.C15H28.4H2/c1-3-4-18-7-11-20(12-8-18)22-15-13-21(14-16-22)19-9-5-17(2)6-10-19;1-3-13-6-10-15(11-7-13)14-8-4-12(2)5-9-14;;;;/h5-6,9-10,18,20-22H,3-4,7-8,11-16H2,1-2H3;12-15H,3-11H2,1-2H3;4*1H. The minimum Gasteiger partial charge on any atom is -0.0654 e. The third-order valence-electron chi connectivity index (χ3n) is 11.8. The summed E-state index contributed by atoms with van der Waals surface area (Å²) >= 11 is 0. The van der Waals surface area contributed by atoms with E-state index in [1.165, 1.54) is 102 Å². The maximum absolute atomic E-state index is 2.43. The average Bonchev–Trinajstić information content (AvgIpc) is 2.95. The minimum absolute atomic E-state index is 0. The summed E-state index contributed by atoms with van der Waals surface area (Å²) in [4.78, 5) is 0. The van der Waals surface area contributed by atoms with Crippen LogP contribution in [0.3, 0.4) is 0 Å². The van der Waals surface area contributed by atoms with Crippen LogP contribution in [0.2, 0.25) is 0 Å². The van der Waals surface area contributed by atoms with Gasteiger partial charge in [0.25, 0.3) is 0 Å². The Labute approximate surface area is 238 Å². The first-order chi connectivity index (χ1) is 18.1. The minimum atomic E-state index is 0. The second kappa shape index (κ2) is 15.1. The highest BCUT2D eigenvalue weighted by Crippen LogP contribution is 2.45. The van der Waals surface area contributed by atoms with Crippen molar-refractivity contribution < 1.29 is 5.71 Å². The van der Waals surface area contributed by atoms with Gasteiger partial charge in [0.15, 0.2) is 0 Å². The van der Waals surface area contributed by atoms with E-state index in [1.54, 1.807) is 31.2 Å². The zero-order chi connectivity index (χ0) is 26.0. The zero-order valence-electron chi connectivity index (χ0n) is 25.4. The van der Waals surface area contributed by atoms with E-state index in [0.717, 1.165) is 47.3 Å². The molecule has 4 aliphatic carbocycles. The Bertz CT molecular complexity index is 733. The quantitative estimate of drug-likeness (QED) is 0.354. The molecular weight excluding hydrogens is 444 g/mol. The van der Waals surface area contributed by atoms with Crippen LogP contribution in [0.4, 0.5) is 0 Å². The summed E-state index contributed by atoms with van der Waals surface area (Å²) < 4.78 is 0. The van der Waals surface area contributed by atoms with Gasteiger partial charge in [-0.2, -0.15) is 0 Å². The predicted molar refractivity (Wildman–Crippen MR) is 172 cm³/mol. The van der Waals surface area contributed by atoms with Crippen LogP contribution in [0, 0.1) is 48.3 Å². The third-order valence-corrected chi connectivity index (χ3v) is 11.8. The van der Waals surface area contributed by atoms with Crippen molar-refractivity contribution in [2.24, 2.45) is 41.4 Å². The summed E-state index contributed by atoms with van der Waals surface area (Å²) in [5.41, 5.74) is 2.98. The fourth-order valence-corrected chi connectivity index (χ4v) is 8.94. The molecule has 1 aromatic rings. The molecule has 4 fully saturated rings. The van der Waals surface area contributed by atoms with E-state index in [4.69, 9.17) is 0 Å². The van der Waals surface area contributed by atoms with Crippen molar-refractivity contribution >= 4 is 0 Å². The van der Waals surface area contributed by atoms with Gasteiger partial charge < -0.3 is 0 Å². The third kappa shape index (κ3) is 8.86. The van der Waals surface area contributed by atoms with Gasteiger partial charge in [-0.1, -0.05) is 108 Å². The van der Waals surface area contributed by atoms with Crippen LogP contribution in [0.5, 0.6) is 0 Å². The van der Waals surface area contributed by atoms with Crippen LogP contribution in [-0.4, -0.2) is 0 Å². The Hall–Kier alpha value is -0.780. The second-order valence-electron chi connectivity index (χ2n) is 14.3. The molecule has 1 aromatic carbocycles. The molecule has 0 heterocycles. The maximum Gasteiger partial charge on any atom is 0 e. The Morgan fingerprint density at radius 3 is 1.46 bits per heavy atom. The topological polar surface area (TPSA) is 0 Å². The average molecular weight is 515 g/mol. The van der Waals surface area contributed by atoms with Gasteiger partial charge >= 0.3 is 0 Å². The van der Waals surface area contributed by atoms with Gasteiger partial charge in [-0.25, -0.2) is 0 Å². The molecule has 0 amide bonds. The number of hydrogen-bond donors (Lipinski definition) is 0. The summed E-state index contributed by atoms with van der Waals surface area (Å²) in [5, 5.41) is 0. The van der Waals surface area contributed by atoms with E-state index in [9.17, 15) is 0 Å². The lowest BCUT2D eigenvalue weighted by Crippen LogP contribution is -2.25. The second-order valence-corrected chi connectivity index (χ2v) is 14.3. The molecule has 4 saturated carbocycles. The molecule has 0 radical (unpaired) electrons. The van der Waals surface area contributed by atoms with Gasteiger partial charge in [0.1, 0.15) is 0 Å². The lowest BCUT2D eigenvalue weighted by molar-refractivity contribution is 0.149. The summed E-state index contributed by atoms with van der Waals surface area (Å²) in [6, 6.07) is 9.32.